The summed E-state index contributed by atoms with van der Waals surface area (Å²) in [6, 6.07) is 2.99. The number of carbonyl (C=O) groups is 2. The summed E-state index contributed by atoms with van der Waals surface area (Å²) in [5.41, 5.74) is -2.47. The summed E-state index contributed by atoms with van der Waals surface area (Å²) in [6.07, 6.45) is -0.278. The van der Waals surface area contributed by atoms with Gasteiger partial charge in [-0.25, -0.2) is 9.78 Å². The molecule has 1 N–H and O–H groups in total. The fourth-order valence-electron chi connectivity index (χ4n) is 3.64. The Hall–Kier alpha value is -3.47. The minimum absolute atomic E-state index is 0.00688. The zero-order valence-electron chi connectivity index (χ0n) is 16.0. The molecule has 1 heterocycles. The van der Waals surface area contributed by atoms with Gasteiger partial charge in [0, 0.05) is 11.8 Å². The van der Waals surface area contributed by atoms with Crippen LogP contribution < -0.4 is 9.47 Å². The summed E-state index contributed by atoms with van der Waals surface area (Å²) in [5.74, 6) is -3.51. The number of fused-ring (bicyclic) bond motifs is 2. The number of carbonyl (C=O) groups excluding carboxylic acids is 2. The fourth-order valence-corrected chi connectivity index (χ4v) is 3.64. The number of methoxy groups -OCH3 is 4. The molecule has 0 fully saturated rings. The van der Waals surface area contributed by atoms with Crippen LogP contribution in [-0.4, -0.2) is 61.0 Å². The first-order chi connectivity index (χ1) is 13.7. The van der Waals surface area contributed by atoms with Gasteiger partial charge in [0.05, 0.1) is 39.1 Å². The molecule has 11 heteroatoms. The Balaban J connectivity index is 2.37. The number of hydrogen-bond acceptors (Lipinski definition) is 10. The van der Waals surface area contributed by atoms with Crippen LogP contribution in [0.1, 0.15) is 17.2 Å². The van der Waals surface area contributed by atoms with Crippen LogP contribution in [0.15, 0.2) is 12.1 Å². The number of rotatable bonds is 5. The highest BCUT2D eigenvalue weighted by molar-refractivity contribution is 5.97. The third-order valence-electron chi connectivity index (χ3n) is 4.91. The number of aromatic nitrogens is 1. The van der Waals surface area contributed by atoms with E-state index in [1.165, 1.54) is 26.4 Å². The molecule has 0 saturated carbocycles. The molecule has 2 atom stereocenters. The second kappa shape index (κ2) is 7.17. The first kappa shape index (κ1) is 20.3. The zero-order chi connectivity index (χ0) is 21.5. The van der Waals surface area contributed by atoms with Crippen LogP contribution in [-0.2, 0) is 25.5 Å². The van der Waals surface area contributed by atoms with Gasteiger partial charge >= 0.3 is 17.6 Å². The quantitative estimate of drug-likeness (QED) is 0.431. The van der Waals surface area contributed by atoms with Gasteiger partial charge in [0.2, 0.25) is 5.75 Å². The van der Waals surface area contributed by atoms with Crippen LogP contribution in [0.2, 0.25) is 0 Å². The van der Waals surface area contributed by atoms with Gasteiger partial charge in [0.1, 0.15) is 5.92 Å². The lowest BCUT2D eigenvalue weighted by atomic mass is 9.89. The first-order valence-corrected chi connectivity index (χ1v) is 8.35. The Bertz CT molecular complexity index is 1040. The Morgan fingerprint density at radius 3 is 2.41 bits per heavy atom. The molecular weight excluding hydrogens is 388 g/mol. The summed E-state index contributed by atoms with van der Waals surface area (Å²) < 4.78 is 19.7. The smallest absolute Gasteiger partial charge is 0.340 e. The highest BCUT2D eigenvalue weighted by Crippen LogP contribution is 2.47. The standard InChI is InChI=1S/C18H18N2O9/c1-26-10-6-8-5-9-7-18(23,17(22)29-4)11(16(21)28-3)12(9)19-13(8)14(20(24)25)15(10)27-2/h5-6,11,23H,7H2,1-4H3/t11-,18-/m1/s1. The maximum absolute atomic E-state index is 12.4. The Morgan fingerprint density at radius 2 is 1.90 bits per heavy atom. The van der Waals surface area contributed by atoms with Crippen LogP contribution >= 0.6 is 0 Å². The van der Waals surface area contributed by atoms with Crippen molar-refractivity contribution in [3.05, 3.63) is 33.5 Å². The minimum atomic E-state index is -2.25. The van der Waals surface area contributed by atoms with Crippen LogP contribution in [0.3, 0.4) is 0 Å². The van der Waals surface area contributed by atoms with E-state index in [1.54, 1.807) is 0 Å². The molecule has 1 aromatic carbocycles. The van der Waals surface area contributed by atoms with Crippen molar-refractivity contribution in [3.63, 3.8) is 0 Å². The Kier molecular flexibility index (Phi) is 5.01. The van der Waals surface area contributed by atoms with Gasteiger partial charge in [-0.15, -0.1) is 0 Å². The lowest BCUT2D eigenvalue weighted by Crippen LogP contribution is -2.47. The normalized spacial score (nSPS) is 20.1. The van der Waals surface area contributed by atoms with E-state index in [2.05, 4.69) is 9.72 Å². The molecule has 3 rings (SSSR count). The van der Waals surface area contributed by atoms with E-state index in [0.29, 0.717) is 10.9 Å². The summed E-state index contributed by atoms with van der Waals surface area (Å²) >= 11 is 0. The number of aliphatic hydroxyl groups is 1. The monoisotopic (exact) mass is 406 g/mol. The molecule has 1 aliphatic carbocycles. The predicted molar refractivity (Wildman–Crippen MR) is 96.9 cm³/mol. The van der Waals surface area contributed by atoms with E-state index < -0.39 is 34.1 Å². The lowest BCUT2D eigenvalue weighted by molar-refractivity contribution is -0.384. The molecule has 0 bridgehead atoms. The average Bonchev–Trinajstić information content (AvgIpc) is 3.00. The van der Waals surface area contributed by atoms with Gasteiger partial charge < -0.3 is 24.1 Å². The topological polar surface area (TPSA) is 147 Å². The fraction of sp³-hybridized carbons (Fsp3) is 0.389. The number of nitrogens with zero attached hydrogens (tertiary/aromatic N) is 2. The molecule has 29 heavy (non-hydrogen) atoms. The number of hydrogen-bond donors (Lipinski definition) is 1. The van der Waals surface area contributed by atoms with Crippen molar-refractivity contribution in [2.24, 2.45) is 0 Å². The number of pyridine rings is 1. The van der Waals surface area contributed by atoms with Crippen molar-refractivity contribution in [2.75, 3.05) is 28.4 Å². The van der Waals surface area contributed by atoms with Crippen molar-refractivity contribution >= 4 is 28.5 Å². The van der Waals surface area contributed by atoms with Crippen LogP contribution in [0, 0.1) is 10.1 Å². The van der Waals surface area contributed by atoms with Crippen molar-refractivity contribution in [1.82, 2.24) is 4.98 Å². The molecule has 0 radical (unpaired) electrons. The lowest BCUT2D eigenvalue weighted by Gasteiger charge is -2.25. The van der Waals surface area contributed by atoms with Crippen molar-refractivity contribution in [3.8, 4) is 11.5 Å². The van der Waals surface area contributed by atoms with Crippen LogP contribution in [0.5, 0.6) is 11.5 Å². The summed E-state index contributed by atoms with van der Waals surface area (Å²) in [4.78, 5) is 40.0. The molecule has 154 valence electrons. The SMILES string of the molecule is COC(=O)[C@H]1c2nc3c([N+](=O)[O-])c(OC)c(OC)cc3cc2C[C@]1(O)C(=O)OC. The van der Waals surface area contributed by atoms with E-state index in [0.717, 1.165) is 14.2 Å². The molecule has 11 nitrogen and oxygen atoms in total. The van der Waals surface area contributed by atoms with E-state index in [4.69, 9.17) is 14.2 Å². The first-order valence-electron chi connectivity index (χ1n) is 8.35. The zero-order valence-corrected chi connectivity index (χ0v) is 16.0. The Labute approximate surface area is 164 Å². The van der Waals surface area contributed by atoms with E-state index >= 15 is 0 Å². The molecule has 0 spiro atoms. The maximum atomic E-state index is 12.4. The maximum Gasteiger partial charge on any atom is 0.340 e. The predicted octanol–water partition coefficient (Wildman–Crippen LogP) is 0.877. The van der Waals surface area contributed by atoms with Crippen LogP contribution in [0.25, 0.3) is 10.9 Å². The summed E-state index contributed by atoms with van der Waals surface area (Å²) in [6.45, 7) is 0. The second-order valence-corrected chi connectivity index (χ2v) is 6.37. The number of esters is 2. The third kappa shape index (κ3) is 2.90. The van der Waals surface area contributed by atoms with Gasteiger partial charge in [-0.1, -0.05) is 0 Å². The highest BCUT2D eigenvalue weighted by Gasteiger charge is 2.57. The Morgan fingerprint density at radius 1 is 1.21 bits per heavy atom. The van der Waals surface area contributed by atoms with Crippen molar-refractivity contribution in [2.45, 2.75) is 17.9 Å². The largest absolute Gasteiger partial charge is 0.493 e. The van der Waals surface area contributed by atoms with Crippen molar-refractivity contribution < 1.29 is 38.6 Å². The van der Waals surface area contributed by atoms with Gasteiger partial charge in [-0.2, -0.15) is 0 Å². The number of benzene rings is 1. The van der Waals surface area contributed by atoms with E-state index in [1.807, 2.05) is 0 Å². The van der Waals surface area contributed by atoms with Gasteiger partial charge in [-0.05, 0) is 17.7 Å². The second-order valence-electron chi connectivity index (χ2n) is 6.37. The molecule has 1 aromatic heterocycles. The molecule has 0 amide bonds. The molecule has 1 aliphatic rings. The van der Waals surface area contributed by atoms with Gasteiger partial charge in [-0.3, -0.25) is 14.9 Å². The highest BCUT2D eigenvalue weighted by atomic mass is 16.6. The summed E-state index contributed by atoms with van der Waals surface area (Å²) in [7, 11) is 4.74. The van der Waals surface area contributed by atoms with Gasteiger partial charge in [0.15, 0.2) is 16.9 Å². The van der Waals surface area contributed by atoms with Crippen molar-refractivity contribution in [1.29, 1.82) is 0 Å². The molecule has 0 unspecified atom stereocenters. The minimum Gasteiger partial charge on any atom is -0.493 e. The average molecular weight is 406 g/mol. The third-order valence-corrected chi connectivity index (χ3v) is 4.91. The molecular formula is C18H18N2O9. The molecule has 0 aliphatic heterocycles. The van der Waals surface area contributed by atoms with E-state index in [-0.39, 0.29) is 29.1 Å². The molecule has 2 aromatic rings. The van der Waals surface area contributed by atoms with Crippen LogP contribution in [0.4, 0.5) is 5.69 Å². The number of nitro groups is 1. The number of nitro benzene ring substituents is 1. The summed E-state index contributed by atoms with van der Waals surface area (Å²) in [5, 5.41) is 23.0. The number of ether oxygens (including phenoxy) is 4. The van der Waals surface area contributed by atoms with E-state index in [9.17, 15) is 24.8 Å². The molecule has 0 saturated heterocycles. The van der Waals surface area contributed by atoms with Gasteiger partial charge in [0.25, 0.3) is 0 Å².